The van der Waals surface area contributed by atoms with E-state index in [1.807, 2.05) is 71.0 Å². The first-order valence-corrected chi connectivity index (χ1v) is 8.48. The molecule has 1 aromatic rings. The Morgan fingerprint density at radius 3 is 2.52 bits per heavy atom. The van der Waals surface area contributed by atoms with Crippen molar-refractivity contribution in [1.29, 1.82) is 0 Å². The molecule has 1 aliphatic rings. The largest absolute Gasteiger partial charge is 0.444 e. The number of amides is 1. The van der Waals surface area contributed by atoms with Crippen LogP contribution in [0, 0.1) is 0 Å². The lowest BCUT2D eigenvalue weighted by Crippen LogP contribution is -2.49. The third kappa shape index (κ3) is 4.82. The third-order valence-corrected chi connectivity index (χ3v) is 4.02. The average Bonchev–Trinajstić information content (AvgIpc) is 2.71. The average molecular weight is 382 g/mol. The van der Waals surface area contributed by atoms with Crippen LogP contribution in [0.5, 0.6) is 0 Å². The predicted octanol–water partition coefficient (Wildman–Crippen LogP) is 4.83. The zero-order chi connectivity index (χ0) is 17.3. The molecule has 1 aromatic carbocycles. The number of hydrogen-bond acceptors (Lipinski definition) is 3. The number of rotatable bonds is 2. The quantitative estimate of drug-likeness (QED) is 0.735. The van der Waals surface area contributed by atoms with Gasteiger partial charge in [0.25, 0.3) is 0 Å². The minimum absolute atomic E-state index is 0.150. The SMILES string of the molecule is CC(C)(C)OC(=O)N1C(/C=C/c2ccc(Br)cc2)COC1(C)C. The van der Waals surface area contributed by atoms with Gasteiger partial charge in [0.1, 0.15) is 11.3 Å². The molecule has 0 saturated carbocycles. The molecular weight excluding hydrogens is 358 g/mol. The van der Waals surface area contributed by atoms with Crippen LogP contribution >= 0.6 is 15.9 Å². The van der Waals surface area contributed by atoms with Gasteiger partial charge in [0, 0.05) is 4.47 Å². The lowest BCUT2D eigenvalue weighted by molar-refractivity contribution is -0.0610. The lowest BCUT2D eigenvalue weighted by Gasteiger charge is -2.34. The van der Waals surface area contributed by atoms with Crippen molar-refractivity contribution in [3.63, 3.8) is 0 Å². The summed E-state index contributed by atoms with van der Waals surface area (Å²) in [6, 6.07) is 7.85. The molecule has 1 aliphatic heterocycles. The lowest BCUT2D eigenvalue weighted by atomic mass is 10.1. The van der Waals surface area contributed by atoms with E-state index in [1.165, 1.54) is 0 Å². The summed E-state index contributed by atoms with van der Waals surface area (Å²) in [5.41, 5.74) is -0.144. The highest BCUT2D eigenvalue weighted by Crippen LogP contribution is 2.30. The van der Waals surface area contributed by atoms with Crippen LogP contribution in [0.25, 0.3) is 6.08 Å². The Hall–Kier alpha value is -1.33. The van der Waals surface area contributed by atoms with Gasteiger partial charge in [0.05, 0.1) is 12.6 Å². The summed E-state index contributed by atoms with van der Waals surface area (Å²) in [7, 11) is 0. The van der Waals surface area contributed by atoms with Crippen molar-refractivity contribution in [3.05, 3.63) is 40.4 Å². The fourth-order valence-electron chi connectivity index (χ4n) is 2.44. The molecule has 1 heterocycles. The maximum Gasteiger partial charge on any atom is 0.413 e. The molecule has 0 aromatic heterocycles. The number of hydrogen-bond donors (Lipinski definition) is 0. The number of carbonyl (C=O) groups is 1. The summed E-state index contributed by atoms with van der Waals surface area (Å²) in [5.74, 6) is 0. The van der Waals surface area contributed by atoms with Gasteiger partial charge in [-0.05, 0) is 52.3 Å². The van der Waals surface area contributed by atoms with E-state index in [2.05, 4.69) is 15.9 Å². The highest BCUT2D eigenvalue weighted by atomic mass is 79.9. The van der Waals surface area contributed by atoms with Gasteiger partial charge in [-0.3, -0.25) is 4.90 Å². The Bertz CT molecular complexity index is 587. The van der Waals surface area contributed by atoms with E-state index in [1.54, 1.807) is 4.90 Å². The summed E-state index contributed by atoms with van der Waals surface area (Å²) in [4.78, 5) is 14.2. The summed E-state index contributed by atoms with van der Waals surface area (Å²) >= 11 is 3.42. The Morgan fingerprint density at radius 2 is 1.96 bits per heavy atom. The number of ether oxygens (including phenoxy) is 2. The Kier molecular flexibility index (Phi) is 5.21. The highest BCUT2D eigenvalue weighted by molar-refractivity contribution is 9.10. The first kappa shape index (κ1) is 18.0. The number of carbonyl (C=O) groups excluding carboxylic acids is 1. The molecule has 2 rings (SSSR count). The van der Waals surface area contributed by atoms with Gasteiger partial charge in [0.15, 0.2) is 0 Å². The molecule has 0 spiro atoms. The van der Waals surface area contributed by atoms with Crippen molar-refractivity contribution in [3.8, 4) is 0 Å². The van der Waals surface area contributed by atoms with Gasteiger partial charge in [0.2, 0.25) is 0 Å². The molecule has 0 N–H and O–H groups in total. The second kappa shape index (κ2) is 6.65. The fraction of sp³-hybridized carbons (Fsp3) is 0.500. The molecule has 4 nitrogen and oxygen atoms in total. The predicted molar refractivity (Wildman–Crippen MR) is 95.1 cm³/mol. The summed E-state index contributed by atoms with van der Waals surface area (Å²) < 4.78 is 12.3. The minimum Gasteiger partial charge on any atom is -0.444 e. The van der Waals surface area contributed by atoms with Crippen LogP contribution in [0.3, 0.4) is 0 Å². The van der Waals surface area contributed by atoms with Crippen molar-refractivity contribution < 1.29 is 14.3 Å². The summed E-state index contributed by atoms with van der Waals surface area (Å²) in [6.07, 6.45) is 3.63. The Morgan fingerprint density at radius 1 is 1.35 bits per heavy atom. The van der Waals surface area contributed by atoms with E-state index < -0.39 is 11.3 Å². The molecule has 0 bridgehead atoms. The molecule has 0 aliphatic carbocycles. The zero-order valence-electron chi connectivity index (χ0n) is 14.3. The van der Waals surface area contributed by atoms with Gasteiger partial charge < -0.3 is 9.47 Å². The summed E-state index contributed by atoms with van der Waals surface area (Å²) in [5, 5.41) is 0. The molecule has 1 fully saturated rings. The number of halogens is 1. The molecule has 0 radical (unpaired) electrons. The first-order valence-electron chi connectivity index (χ1n) is 7.68. The highest BCUT2D eigenvalue weighted by Gasteiger charge is 2.44. The monoisotopic (exact) mass is 381 g/mol. The van der Waals surface area contributed by atoms with Gasteiger partial charge in [-0.15, -0.1) is 0 Å². The smallest absolute Gasteiger partial charge is 0.413 e. The normalized spacial score (nSPS) is 21.0. The van der Waals surface area contributed by atoms with Crippen molar-refractivity contribution >= 4 is 28.1 Å². The maximum atomic E-state index is 12.5. The molecule has 1 atom stereocenters. The Labute approximate surface area is 146 Å². The fourth-order valence-corrected chi connectivity index (χ4v) is 2.70. The van der Waals surface area contributed by atoms with Gasteiger partial charge >= 0.3 is 6.09 Å². The van der Waals surface area contributed by atoms with E-state index in [4.69, 9.17) is 9.47 Å². The molecule has 5 heteroatoms. The molecular formula is C18H24BrNO3. The van der Waals surface area contributed by atoms with Crippen molar-refractivity contribution in [1.82, 2.24) is 4.90 Å². The zero-order valence-corrected chi connectivity index (χ0v) is 15.9. The van der Waals surface area contributed by atoms with Crippen LogP contribution in [0.2, 0.25) is 0 Å². The topological polar surface area (TPSA) is 38.8 Å². The first-order chi connectivity index (χ1) is 10.6. The minimum atomic E-state index is -0.683. The molecule has 1 saturated heterocycles. The van der Waals surface area contributed by atoms with Gasteiger partial charge in [-0.2, -0.15) is 0 Å². The molecule has 23 heavy (non-hydrogen) atoms. The Balaban J connectivity index is 2.16. The van der Waals surface area contributed by atoms with Crippen molar-refractivity contribution in [2.75, 3.05) is 6.61 Å². The standard InChI is InChI=1S/C18H24BrNO3/c1-17(2,3)23-16(21)20-15(12-22-18(20,4)5)11-8-13-6-9-14(19)10-7-13/h6-11,15H,12H2,1-5H3/b11-8+. The van der Waals surface area contributed by atoms with E-state index in [0.29, 0.717) is 6.61 Å². The van der Waals surface area contributed by atoms with E-state index in [-0.39, 0.29) is 12.1 Å². The van der Waals surface area contributed by atoms with Crippen LogP contribution in [-0.2, 0) is 9.47 Å². The van der Waals surface area contributed by atoms with Crippen LogP contribution < -0.4 is 0 Å². The van der Waals surface area contributed by atoms with E-state index in [9.17, 15) is 4.79 Å². The van der Waals surface area contributed by atoms with Gasteiger partial charge in [-0.1, -0.05) is 40.2 Å². The number of benzene rings is 1. The van der Waals surface area contributed by atoms with Gasteiger partial charge in [-0.25, -0.2) is 4.79 Å². The van der Waals surface area contributed by atoms with E-state index >= 15 is 0 Å². The van der Waals surface area contributed by atoms with Crippen LogP contribution in [0.1, 0.15) is 40.2 Å². The van der Waals surface area contributed by atoms with Crippen molar-refractivity contribution in [2.24, 2.45) is 0 Å². The third-order valence-electron chi connectivity index (χ3n) is 3.49. The molecule has 1 unspecified atom stereocenters. The number of nitrogens with zero attached hydrogens (tertiary/aromatic N) is 1. The van der Waals surface area contributed by atoms with E-state index in [0.717, 1.165) is 10.0 Å². The van der Waals surface area contributed by atoms with Crippen LogP contribution in [0.15, 0.2) is 34.8 Å². The summed E-state index contributed by atoms with van der Waals surface area (Å²) in [6.45, 7) is 9.80. The van der Waals surface area contributed by atoms with Crippen LogP contribution in [-0.4, -0.2) is 35.0 Å². The second-order valence-electron chi connectivity index (χ2n) is 7.09. The second-order valence-corrected chi connectivity index (χ2v) is 8.00. The van der Waals surface area contributed by atoms with Crippen LogP contribution in [0.4, 0.5) is 4.79 Å². The molecule has 1 amide bonds. The van der Waals surface area contributed by atoms with Crippen molar-refractivity contribution in [2.45, 2.75) is 52.0 Å². The molecule has 126 valence electrons. The maximum absolute atomic E-state index is 12.5.